The van der Waals surface area contributed by atoms with Crippen LogP contribution in [0.5, 0.6) is 0 Å². The fourth-order valence-corrected chi connectivity index (χ4v) is 3.87. The summed E-state index contributed by atoms with van der Waals surface area (Å²) in [5, 5.41) is 3.91. The molecule has 0 spiro atoms. The molecule has 0 fully saturated rings. The van der Waals surface area contributed by atoms with Crippen molar-refractivity contribution in [3.8, 4) is 0 Å². The molecule has 1 atom stereocenters. The molecular weight excluding hydrogens is 314 g/mol. The van der Waals surface area contributed by atoms with Gasteiger partial charge in [0.2, 0.25) is 0 Å². The first-order valence-electron chi connectivity index (χ1n) is 9.53. The van der Waals surface area contributed by atoms with Crippen molar-refractivity contribution in [2.45, 2.75) is 32.7 Å². The molecule has 0 saturated carbocycles. The topological polar surface area (TPSA) is 4.93 Å². The molecule has 0 aliphatic heterocycles. The van der Waals surface area contributed by atoms with Crippen molar-refractivity contribution in [2.24, 2.45) is 0 Å². The van der Waals surface area contributed by atoms with E-state index < -0.39 is 0 Å². The number of benzene rings is 3. The molecule has 1 aromatic heterocycles. The summed E-state index contributed by atoms with van der Waals surface area (Å²) in [6, 6.07) is 24.4. The van der Waals surface area contributed by atoms with Gasteiger partial charge in [0, 0.05) is 23.1 Å². The Kier molecular flexibility index (Phi) is 4.62. The maximum absolute atomic E-state index is 2.41. The lowest BCUT2D eigenvalue weighted by Gasteiger charge is -2.14. The van der Waals surface area contributed by atoms with Crippen molar-refractivity contribution >= 4 is 33.8 Å². The van der Waals surface area contributed by atoms with Gasteiger partial charge in [0.1, 0.15) is 0 Å². The fourth-order valence-electron chi connectivity index (χ4n) is 3.87. The molecule has 0 saturated heterocycles. The monoisotopic (exact) mass is 339 g/mol. The van der Waals surface area contributed by atoms with Crippen LogP contribution in [0.3, 0.4) is 0 Å². The van der Waals surface area contributed by atoms with E-state index in [4.69, 9.17) is 0 Å². The third kappa shape index (κ3) is 3.06. The maximum Gasteiger partial charge on any atom is 0.0488 e. The van der Waals surface area contributed by atoms with Crippen LogP contribution in [0.15, 0.2) is 72.9 Å². The second kappa shape index (κ2) is 7.21. The van der Waals surface area contributed by atoms with Gasteiger partial charge in [-0.15, -0.1) is 0 Å². The Balaban J connectivity index is 1.74. The minimum Gasteiger partial charge on any atom is -0.345 e. The van der Waals surface area contributed by atoms with E-state index in [0.29, 0.717) is 6.04 Å². The Morgan fingerprint density at radius 1 is 0.808 bits per heavy atom. The van der Waals surface area contributed by atoms with Gasteiger partial charge in [0.05, 0.1) is 0 Å². The zero-order valence-electron chi connectivity index (χ0n) is 15.5. The van der Waals surface area contributed by atoms with Crippen molar-refractivity contribution in [1.29, 1.82) is 0 Å². The number of hydrogen-bond acceptors (Lipinski definition) is 0. The smallest absolute Gasteiger partial charge is 0.0488 e. The highest BCUT2D eigenvalue weighted by Crippen LogP contribution is 2.27. The summed E-state index contributed by atoms with van der Waals surface area (Å²) >= 11 is 0. The second-order valence-electron chi connectivity index (χ2n) is 7.04. The van der Waals surface area contributed by atoms with Gasteiger partial charge in [-0.2, -0.15) is 0 Å². The SMILES string of the molecule is CCCC(C)n1ccc2c(C=Cc3cccc4ccccc34)cccc21. The van der Waals surface area contributed by atoms with Crippen LogP contribution in [0.4, 0.5) is 0 Å². The Morgan fingerprint density at radius 2 is 1.50 bits per heavy atom. The highest BCUT2D eigenvalue weighted by atomic mass is 15.0. The molecule has 4 rings (SSSR count). The van der Waals surface area contributed by atoms with Gasteiger partial charge in [-0.1, -0.05) is 80.1 Å². The lowest BCUT2D eigenvalue weighted by molar-refractivity contribution is 0.515. The van der Waals surface area contributed by atoms with Crippen molar-refractivity contribution in [3.63, 3.8) is 0 Å². The van der Waals surface area contributed by atoms with E-state index in [2.05, 4.69) is 103 Å². The predicted octanol–water partition coefficient (Wildman–Crippen LogP) is 7.33. The van der Waals surface area contributed by atoms with Crippen LogP contribution < -0.4 is 0 Å². The van der Waals surface area contributed by atoms with Crippen LogP contribution in [0.25, 0.3) is 33.8 Å². The largest absolute Gasteiger partial charge is 0.345 e. The molecule has 0 bridgehead atoms. The molecule has 3 aromatic carbocycles. The van der Waals surface area contributed by atoms with Crippen LogP contribution in [-0.2, 0) is 0 Å². The minimum atomic E-state index is 0.537. The summed E-state index contributed by atoms with van der Waals surface area (Å²) in [5.74, 6) is 0. The van der Waals surface area contributed by atoms with E-state index in [1.165, 1.54) is 45.6 Å². The average Bonchev–Trinajstić information content (AvgIpc) is 3.11. The Labute approximate surface area is 155 Å². The van der Waals surface area contributed by atoms with Crippen LogP contribution in [0, 0.1) is 0 Å². The second-order valence-corrected chi connectivity index (χ2v) is 7.04. The van der Waals surface area contributed by atoms with E-state index in [-0.39, 0.29) is 0 Å². The standard InChI is InChI=1S/C25H25N/c1-3-8-19(2)26-18-17-24-22(12-7-14-25(24)26)16-15-21-11-6-10-20-9-4-5-13-23(20)21/h4-7,9-19H,3,8H2,1-2H3. The first-order valence-corrected chi connectivity index (χ1v) is 9.53. The van der Waals surface area contributed by atoms with Crippen LogP contribution in [0.1, 0.15) is 43.9 Å². The molecule has 26 heavy (non-hydrogen) atoms. The first-order chi connectivity index (χ1) is 12.8. The van der Waals surface area contributed by atoms with Crippen molar-refractivity contribution in [2.75, 3.05) is 0 Å². The number of rotatable bonds is 5. The number of hydrogen-bond donors (Lipinski definition) is 0. The molecule has 0 amide bonds. The molecule has 0 N–H and O–H groups in total. The number of fused-ring (bicyclic) bond motifs is 2. The fraction of sp³-hybridized carbons (Fsp3) is 0.200. The molecule has 0 aliphatic carbocycles. The van der Waals surface area contributed by atoms with Crippen molar-refractivity contribution in [3.05, 3.63) is 84.1 Å². The zero-order chi connectivity index (χ0) is 17.9. The number of aromatic nitrogens is 1. The van der Waals surface area contributed by atoms with E-state index in [9.17, 15) is 0 Å². The van der Waals surface area contributed by atoms with Gasteiger partial charge in [0.25, 0.3) is 0 Å². The van der Waals surface area contributed by atoms with E-state index in [1.54, 1.807) is 0 Å². The molecular formula is C25H25N. The van der Waals surface area contributed by atoms with Gasteiger partial charge < -0.3 is 4.57 Å². The molecule has 1 nitrogen and oxygen atoms in total. The first kappa shape index (κ1) is 16.7. The van der Waals surface area contributed by atoms with Gasteiger partial charge >= 0.3 is 0 Å². The Bertz CT molecular complexity index is 1060. The lowest BCUT2D eigenvalue weighted by atomic mass is 10.0. The van der Waals surface area contributed by atoms with Crippen LogP contribution in [0.2, 0.25) is 0 Å². The minimum absolute atomic E-state index is 0.537. The van der Waals surface area contributed by atoms with Gasteiger partial charge in [0.15, 0.2) is 0 Å². The summed E-state index contributed by atoms with van der Waals surface area (Å²) in [7, 11) is 0. The van der Waals surface area contributed by atoms with Gasteiger partial charge in [-0.3, -0.25) is 0 Å². The van der Waals surface area contributed by atoms with E-state index in [1.807, 2.05) is 0 Å². The normalized spacial score (nSPS) is 13.0. The van der Waals surface area contributed by atoms with Crippen molar-refractivity contribution in [1.82, 2.24) is 4.57 Å². The van der Waals surface area contributed by atoms with Crippen molar-refractivity contribution < 1.29 is 0 Å². The molecule has 0 aliphatic rings. The highest BCUT2D eigenvalue weighted by molar-refractivity contribution is 5.96. The Hall–Kier alpha value is -2.80. The van der Waals surface area contributed by atoms with Crippen LogP contribution >= 0.6 is 0 Å². The van der Waals surface area contributed by atoms with Crippen LogP contribution in [-0.4, -0.2) is 4.57 Å². The summed E-state index contributed by atoms with van der Waals surface area (Å²) < 4.78 is 2.41. The lowest BCUT2D eigenvalue weighted by Crippen LogP contribution is -2.02. The number of nitrogens with zero attached hydrogens (tertiary/aromatic N) is 1. The van der Waals surface area contributed by atoms with E-state index >= 15 is 0 Å². The molecule has 0 radical (unpaired) electrons. The quantitative estimate of drug-likeness (QED) is 0.335. The molecule has 1 heterocycles. The van der Waals surface area contributed by atoms with E-state index in [0.717, 1.165) is 0 Å². The summed E-state index contributed by atoms with van der Waals surface area (Å²) in [4.78, 5) is 0. The average molecular weight is 339 g/mol. The summed E-state index contributed by atoms with van der Waals surface area (Å²) in [6.07, 6.45) is 9.14. The molecule has 4 aromatic rings. The third-order valence-corrected chi connectivity index (χ3v) is 5.24. The zero-order valence-corrected chi connectivity index (χ0v) is 15.5. The maximum atomic E-state index is 2.41. The third-order valence-electron chi connectivity index (χ3n) is 5.24. The summed E-state index contributed by atoms with van der Waals surface area (Å²) in [6.45, 7) is 4.56. The van der Waals surface area contributed by atoms with Gasteiger partial charge in [-0.05, 0) is 47.4 Å². The highest BCUT2D eigenvalue weighted by Gasteiger charge is 2.09. The molecule has 1 unspecified atom stereocenters. The molecule has 130 valence electrons. The Morgan fingerprint density at radius 3 is 2.31 bits per heavy atom. The van der Waals surface area contributed by atoms with Gasteiger partial charge in [-0.25, -0.2) is 0 Å². The molecule has 1 heteroatoms. The predicted molar refractivity (Wildman–Crippen MR) is 114 cm³/mol. The summed E-state index contributed by atoms with van der Waals surface area (Å²) in [5.41, 5.74) is 3.86.